The second-order valence-corrected chi connectivity index (χ2v) is 4.79. The molecule has 0 aliphatic carbocycles. The highest BCUT2D eigenvalue weighted by Gasteiger charge is 2.14. The van der Waals surface area contributed by atoms with Crippen molar-refractivity contribution in [2.75, 3.05) is 26.2 Å². The summed E-state index contributed by atoms with van der Waals surface area (Å²) in [6, 6.07) is 8.41. The SMILES string of the molecule is CCn1c(CN2CCNCC2)nc2ccccc21. The van der Waals surface area contributed by atoms with E-state index in [0.717, 1.165) is 44.8 Å². The second kappa shape index (κ2) is 5.08. The van der Waals surface area contributed by atoms with Crippen LogP contribution in [0.2, 0.25) is 0 Å². The lowest BCUT2D eigenvalue weighted by atomic mass is 10.3. The fraction of sp³-hybridized carbons (Fsp3) is 0.500. The Kier molecular flexibility index (Phi) is 3.30. The lowest BCUT2D eigenvalue weighted by Gasteiger charge is -2.26. The first-order chi connectivity index (χ1) is 8.88. The zero-order chi connectivity index (χ0) is 12.4. The summed E-state index contributed by atoms with van der Waals surface area (Å²) in [5.41, 5.74) is 2.37. The molecule has 96 valence electrons. The summed E-state index contributed by atoms with van der Waals surface area (Å²) >= 11 is 0. The Hall–Kier alpha value is -1.39. The van der Waals surface area contributed by atoms with Gasteiger partial charge in [0.25, 0.3) is 0 Å². The molecule has 4 heteroatoms. The normalized spacial score (nSPS) is 17.4. The second-order valence-electron chi connectivity index (χ2n) is 4.79. The minimum atomic E-state index is 0.962. The summed E-state index contributed by atoms with van der Waals surface area (Å²) in [6.45, 7) is 8.56. The minimum Gasteiger partial charge on any atom is -0.327 e. The third kappa shape index (κ3) is 2.13. The number of hydrogen-bond donors (Lipinski definition) is 1. The van der Waals surface area contributed by atoms with Gasteiger partial charge in [0, 0.05) is 32.7 Å². The van der Waals surface area contributed by atoms with E-state index in [2.05, 4.69) is 46.0 Å². The van der Waals surface area contributed by atoms with Gasteiger partial charge in [-0.1, -0.05) is 12.1 Å². The summed E-state index contributed by atoms with van der Waals surface area (Å²) < 4.78 is 2.33. The molecule has 4 nitrogen and oxygen atoms in total. The zero-order valence-electron chi connectivity index (χ0n) is 10.9. The summed E-state index contributed by atoms with van der Waals surface area (Å²) in [4.78, 5) is 7.25. The monoisotopic (exact) mass is 244 g/mol. The number of aromatic nitrogens is 2. The van der Waals surface area contributed by atoms with Crippen LogP contribution in [0.25, 0.3) is 11.0 Å². The smallest absolute Gasteiger partial charge is 0.124 e. The number of rotatable bonds is 3. The molecule has 18 heavy (non-hydrogen) atoms. The van der Waals surface area contributed by atoms with E-state index in [1.807, 2.05) is 0 Å². The number of hydrogen-bond acceptors (Lipinski definition) is 3. The summed E-state index contributed by atoms with van der Waals surface area (Å²) in [7, 11) is 0. The lowest BCUT2D eigenvalue weighted by molar-refractivity contribution is 0.225. The van der Waals surface area contributed by atoms with Crippen molar-refractivity contribution in [2.24, 2.45) is 0 Å². The van der Waals surface area contributed by atoms with Crippen LogP contribution >= 0.6 is 0 Å². The molecule has 2 heterocycles. The number of piperazine rings is 1. The first kappa shape index (κ1) is 11.7. The first-order valence-corrected chi connectivity index (χ1v) is 6.75. The highest BCUT2D eigenvalue weighted by atomic mass is 15.2. The van der Waals surface area contributed by atoms with E-state index in [0.29, 0.717) is 0 Å². The molecule has 1 N–H and O–H groups in total. The molecule has 0 atom stereocenters. The number of nitrogens with zero attached hydrogens (tertiary/aromatic N) is 3. The fourth-order valence-electron chi connectivity index (χ4n) is 2.67. The Morgan fingerprint density at radius 1 is 1.22 bits per heavy atom. The number of benzene rings is 1. The minimum absolute atomic E-state index is 0.962. The van der Waals surface area contributed by atoms with Crippen LogP contribution in [0, 0.1) is 0 Å². The van der Waals surface area contributed by atoms with Gasteiger partial charge >= 0.3 is 0 Å². The van der Waals surface area contributed by atoms with Crippen molar-refractivity contribution < 1.29 is 0 Å². The predicted octanol–water partition coefficient (Wildman–Crippen LogP) is 1.46. The molecule has 0 spiro atoms. The van der Waals surface area contributed by atoms with E-state index in [-0.39, 0.29) is 0 Å². The number of nitrogens with one attached hydrogen (secondary N) is 1. The van der Waals surface area contributed by atoms with Gasteiger partial charge in [-0.25, -0.2) is 4.98 Å². The Balaban J connectivity index is 1.90. The topological polar surface area (TPSA) is 33.1 Å². The highest BCUT2D eigenvalue weighted by molar-refractivity contribution is 5.75. The van der Waals surface area contributed by atoms with Gasteiger partial charge in [0.1, 0.15) is 5.82 Å². The van der Waals surface area contributed by atoms with Gasteiger partial charge in [0.15, 0.2) is 0 Å². The average Bonchev–Trinajstić information content (AvgIpc) is 2.77. The van der Waals surface area contributed by atoms with Gasteiger partial charge in [-0.2, -0.15) is 0 Å². The Bertz CT molecular complexity index is 526. The molecule has 0 amide bonds. The average molecular weight is 244 g/mol. The van der Waals surface area contributed by atoms with Crippen molar-refractivity contribution in [3.05, 3.63) is 30.1 Å². The van der Waals surface area contributed by atoms with E-state index in [9.17, 15) is 0 Å². The molecule has 1 aromatic carbocycles. The van der Waals surface area contributed by atoms with Gasteiger partial charge < -0.3 is 9.88 Å². The van der Waals surface area contributed by atoms with Crippen LogP contribution in [-0.2, 0) is 13.1 Å². The van der Waals surface area contributed by atoms with Gasteiger partial charge in [-0.05, 0) is 19.1 Å². The molecule has 0 unspecified atom stereocenters. The molecule has 0 saturated carbocycles. The number of imidazole rings is 1. The number of aryl methyl sites for hydroxylation is 1. The van der Waals surface area contributed by atoms with Crippen molar-refractivity contribution in [1.82, 2.24) is 19.8 Å². The Labute approximate surface area is 108 Å². The maximum Gasteiger partial charge on any atom is 0.124 e. The van der Waals surface area contributed by atoms with Crippen molar-refractivity contribution >= 4 is 11.0 Å². The molecule has 2 aromatic rings. The van der Waals surface area contributed by atoms with Crippen molar-refractivity contribution in [2.45, 2.75) is 20.0 Å². The van der Waals surface area contributed by atoms with E-state index in [1.165, 1.54) is 11.3 Å². The van der Waals surface area contributed by atoms with E-state index in [4.69, 9.17) is 4.98 Å². The third-order valence-electron chi connectivity index (χ3n) is 3.62. The van der Waals surface area contributed by atoms with Gasteiger partial charge in [-0.15, -0.1) is 0 Å². The molecule has 3 rings (SSSR count). The maximum absolute atomic E-state index is 4.78. The van der Waals surface area contributed by atoms with Crippen LogP contribution in [0.15, 0.2) is 24.3 Å². The third-order valence-corrected chi connectivity index (χ3v) is 3.62. The van der Waals surface area contributed by atoms with Crippen LogP contribution in [0.3, 0.4) is 0 Å². The first-order valence-electron chi connectivity index (χ1n) is 6.75. The molecule has 0 radical (unpaired) electrons. The van der Waals surface area contributed by atoms with Crippen molar-refractivity contribution in [3.8, 4) is 0 Å². The van der Waals surface area contributed by atoms with Crippen LogP contribution in [0.1, 0.15) is 12.7 Å². The lowest BCUT2D eigenvalue weighted by Crippen LogP contribution is -2.43. The quantitative estimate of drug-likeness (QED) is 0.887. The molecular weight excluding hydrogens is 224 g/mol. The maximum atomic E-state index is 4.78. The largest absolute Gasteiger partial charge is 0.327 e. The highest BCUT2D eigenvalue weighted by Crippen LogP contribution is 2.17. The molecular formula is C14H20N4. The van der Waals surface area contributed by atoms with Crippen LogP contribution < -0.4 is 5.32 Å². The number of fused-ring (bicyclic) bond motifs is 1. The summed E-state index contributed by atoms with van der Waals surface area (Å²) in [6.07, 6.45) is 0. The van der Waals surface area contributed by atoms with Gasteiger partial charge in [0.05, 0.1) is 17.6 Å². The van der Waals surface area contributed by atoms with E-state index < -0.39 is 0 Å². The molecule has 1 aromatic heterocycles. The molecule has 1 saturated heterocycles. The summed E-state index contributed by atoms with van der Waals surface area (Å²) in [5.74, 6) is 1.20. The fourth-order valence-corrected chi connectivity index (χ4v) is 2.67. The van der Waals surface area contributed by atoms with Crippen molar-refractivity contribution in [3.63, 3.8) is 0 Å². The van der Waals surface area contributed by atoms with E-state index in [1.54, 1.807) is 0 Å². The van der Waals surface area contributed by atoms with Crippen LogP contribution in [0.4, 0.5) is 0 Å². The Morgan fingerprint density at radius 2 is 2.00 bits per heavy atom. The van der Waals surface area contributed by atoms with E-state index >= 15 is 0 Å². The zero-order valence-corrected chi connectivity index (χ0v) is 10.9. The molecule has 1 aliphatic rings. The van der Waals surface area contributed by atoms with Gasteiger partial charge in [0.2, 0.25) is 0 Å². The van der Waals surface area contributed by atoms with Crippen LogP contribution in [-0.4, -0.2) is 40.6 Å². The predicted molar refractivity (Wildman–Crippen MR) is 73.6 cm³/mol. The van der Waals surface area contributed by atoms with Crippen LogP contribution in [0.5, 0.6) is 0 Å². The molecule has 0 bridgehead atoms. The molecule has 1 aliphatic heterocycles. The standard InChI is InChI=1S/C14H20N4/c1-2-18-13-6-4-3-5-12(13)16-14(18)11-17-9-7-15-8-10-17/h3-6,15H,2,7-11H2,1H3. The van der Waals surface area contributed by atoms with Crippen molar-refractivity contribution in [1.29, 1.82) is 0 Å². The summed E-state index contributed by atoms with van der Waals surface area (Å²) in [5, 5.41) is 3.39. The van der Waals surface area contributed by atoms with Gasteiger partial charge in [-0.3, -0.25) is 4.90 Å². The Morgan fingerprint density at radius 3 is 2.78 bits per heavy atom. The number of para-hydroxylation sites is 2. The molecule has 1 fully saturated rings.